The van der Waals surface area contributed by atoms with Crippen molar-refractivity contribution in [3.05, 3.63) is 47.7 Å². The lowest BCUT2D eigenvalue weighted by molar-refractivity contribution is -0.134. The summed E-state index contributed by atoms with van der Waals surface area (Å²) in [5, 5.41) is 39.7. The van der Waals surface area contributed by atoms with Crippen molar-refractivity contribution in [3.8, 4) is 0 Å². The van der Waals surface area contributed by atoms with Crippen LogP contribution in [-0.2, 0) is 9.59 Å². The Morgan fingerprint density at radius 1 is 1.14 bits per heavy atom. The van der Waals surface area contributed by atoms with Gasteiger partial charge in [-0.25, -0.2) is 9.59 Å². The molecular formula is C20H27NO7. The predicted octanol–water partition coefficient (Wildman–Crippen LogP) is 2.62. The number of carboxylic acids is 2. The van der Waals surface area contributed by atoms with Gasteiger partial charge in [-0.2, -0.15) is 0 Å². The van der Waals surface area contributed by atoms with Crippen molar-refractivity contribution in [3.63, 3.8) is 0 Å². The predicted molar refractivity (Wildman–Crippen MR) is 104 cm³/mol. The van der Waals surface area contributed by atoms with E-state index in [9.17, 15) is 19.8 Å². The van der Waals surface area contributed by atoms with Crippen LogP contribution in [-0.4, -0.2) is 44.4 Å². The van der Waals surface area contributed by atoms with E-state index in [-0.39, 0.29) is 5.54 Å². The maximum absolute atomic E-state index is 10.2. The molecule has 1 aromatic heterocycles. The molecule has 0 amide bonds. The van der Waals surface area contributed by atoms with Crippen LogP contribution in [0.15, 0.2) is 40.8 Å². The Hall–Kier alpha value is -2.68. The summed E-state index contributed by atoms with van der Waals surface area (Å²) in [6.07, 6.45) is -0.184. The van der Waals surface area contributed by atoms with Gasteiger partial charge in [0.25, 0.3) is 0 Å². The molecular weight excluding hydrogens is 366 g/mol. The lowest BCUT2D eigenvalue weighted by Crippen LogP contribution is -2.38. The number of fused-ring (bicyclic) bond motifs is 1. The first-order valence-corrected chi connectivity index (χ1v) is 8.68. The van der Waals surface area contributed by atoms with E-state index in [1.165, 1.54) is 0 Å². The number of aliphatic hydroxyl groups excluding tert-OH is 2. The summed E-state index contributed by atoms with van der Waals surface area (Å²) in [4.78, 5) is 19.1. The maximum atomic E-state index is 10.2. The first-order valence-electron chi connectivity index (χ1n) is 8.68. The average Bonchev–Trinajstić information content (AvgIpc) is 3.01. The topological polar surface area (TPSA) is 140 Å². The molecule has 0 bridgehead atoms. The Balaban J connectivity index is 0.000000416. The van der Waals surface area contributed by atoms with Gasteiger partial charge in [0, 0.05) is 35.2 Å². The molecule has 0 spiro atoms. The van der Waals surface area contributed by atoms with Crippen LogP contribution >= 0.6 is 0 Å². The number of carboxylic acid groups (broad SMARTS) is 2. The van der Waals surface area contributed by atoms with Crippen LogP contribution in [0.1, 0.15) is 51.2 Å². The van der Waals surface area contributed by atoms with Gasteiger partial charge in [-0.3, -0.25) is 0 Å². The van der Waals surface area contributed by atoms with Crippen LogP contribution in [0.5, 0.6) is 0 Å². The van der Waals surface area contributed by atoms with Gasteiger partial charge in [0.2, 0.25) is 0 Å². The molecule has 2 aromatic rings. The highest BCUT2D eigenvalue weighted by atomic mass is 16.4. The lowest BCUT2D eigenvalue weighted by Gasteiger charge is -2.22. The zero-order chi connectivity index (χ0) is 21.5. The van der Waals surface area contributed by atoms with Crippen LogP contribution in [0.4, 0.5) is 0 Å². The molecule has 0 radical (unpaired) electrons. The number of hydrogen-bond acceptors (Lipinski definition) is 6. The molecule has 28 heavy (non-hydrogen) atoms. The second kappa shape index (κ2) is 10.0. The van der Waals surface area contributed by atoms with Crippen LogP contribution in [0.3, 0.4) is 0 Å². The van der Waals surface area contributed by atoms with Crippen molar-refractivity contribution >= 4 is 22.9 Å². The SMILES string of the molecule is CC(O)c1cccc2cc(C(O)CNC(C)(C)C)oc12.O=C(O)C=CC(=O)O. The highest BCUT2D eigenvalue weighted by Crippen LogP contribution is 2.29. The van der Waals surface area contributed by atoms with Crippen LogP contribution in [0, 0.1) is 0 Å². The lowest BCUT2D eigenvalue weighted by atomic mass is 10.1. The molecule has 0 aliphatic rings. The number of para-hydroxylation sites is 1. The summed E-state index contributed by atoms with van der Waals surface area (Å²) < 4.78 is 5.74. The van der Waals surface area contributed by atoms with E-state index in [1.807, 2.05) is 45.0 Å². The number of β-amino-alcohol motifs (C(OH)–C–C–N with tert-alkyl or cyclic N) is 1. The minimum absolute atomic E-state index is 0.0578. The maximum Gasteiger partial charge on any atom is 0.328 e. The third kappa shape index (κ3) is 7.91. The van der Waals surface area contributed by atoms with Crippen molar-refractivity contribution < 1.29 is 34.4 Å². The summed E-state index contributed by atoms with van der Waals surface area (Å²) in [5.74, 6) is -2.00. The van der Waals surface area contributed by atoms with Gasteiger partial charge in [-0.1, -0.05) is 18.2 Å². The number of furan rings is 1. The Morgan fingerprint density at radius 3 is 2.18 bits per heavy atom. The smallest absolute Gasteiger partial charge is 0.328 e. The van der Waals surface area contributed by atoms with E-state index in [0.29, 0.717) is 30.0 Å². The first kappa shape index (κ1) is 23.4. The summed E-state index contributed by atoms with van der Waals surface area (Å²) >= 11 is 0. The van der Waals surface area contributed by atoms with E-state index in [2.05, 4.69) is 5.32 Å². The normalized spacial score (nSPS) is 13.8. The van der Waals surface area contributed by atoms with Gasteiger partial charge in [-0.05, 0) is 33.8 Å². The standard InChI is InChI=1S/C16H23NO3.C4H4O4/c1-10(18)12-7-5-6-11-8-14(20-15(11)12)13(19)9-17-16(2,3)4;5-3(6)1-2-4(7)8/h5-8,10,13,17-19H,9H2,1-4H3;1-2H,(H,5,6)(H,7,8). The van der Waals surface area contributed by atoms with Crippen LogP contribution in [0.2, 0.25) is 0 Å². The minimum Gasteiger partial charge on any atom is -0.478 e. The van der Waals surface area contributed by atoms with Crippen molar-refractivity contribution in [2.45, 2.75) is 45.4 Å². The van der Waals surface area contributed by atoms with E-state index < -0.39 is 24.1 Å². The summed E-state index contributed by atoms with van der Waals surface area (Å²) in [7, 11) is 0. The molecule has 1 aromatic carbocycles. The van der Waals surface area contributed by atoms with Crippen LogP contribution in [0.25, 0.3) is 11.0 Å². The number of aliphatic carboxylic acids is 2. The van der Waals surface area contributed by atoms with Gasteiger partial charge in [0.15, 0.2) is 0 Å². The summed E-state index contributed by atoms with van der Waals surface area (Å²) in [6, 6.07) is 7.46. The summed E-state index contributed by atoms with van der Waals surface area (Å²) in [6.45, 7) is 8.26. The van der Waals surface area contributed by atoms with E-state index in [4.69, 9.17) is 14.6 Å². The molecule has 5 N–H and O–H groups in total. The van der Waals surface area contributed by atoms with Crippen molar-refractivity contribution in [2.75, 3.05) is 6.54 Å². The number of aliphatic hydroxyl groups is 2. The molecule has 0 saturated heterocycles. The molecule has 2 atom stereocenters. The minimum atomic E-state index is -1.26. The van der Waals surface area contributed by atoms with E-state index in [1.54, 1.807) is 6.92 Å². The number of benzene rings is 1. The van der Waals surface area contributed by atoms with Gasteiger partial charge in [0.05, 0.1) is 6.10 Å². The molecule has 2 rings (SSSR count). The monoisotopic (exact) mass is 393 g/mol. The number of hydrogen-bond donors (Lipinski definition) is 5. The number of rotatable bonds is 6. The Bertz CT molecular complexity index is 815. The van der Waals surface area contributed by atoms with Gasteiger partial charge in [0.1, 0.15) is 17.4 Å². The molecule has 2 unspecified atom stereocenters. The Kier molecular flexibility index (Phi) is 8.36. The van der Waals surface area contributed by atoms with Gasteiger partial charge >= 0.3 is 11.9 Å². The van der Waals surface area contributed by atoms with Gasteiger partial charge in [-0.15, -0.1) is 0 Å². The van der Waals surface area contributed by atoms with E-state index in [0.717, 1.165) is 10.9 Å². The fraction of sp³-hybridized carbons (Fsp3) is 0.400. The van der Waals surface area contributed by atoms with Gasteiger partial charge < -0.3 is 30.2 Å². The average molecular weight is 393 g/mol. The molecule has 0 saturated carbocycles. The highest BCUT2D eigenvalue weighted by Gasteiger charge is 2.18. The fourth-order valence-electron chi connectivity index (χ4n) is 2.24. The van der Waals surface area contributed by atoms with Crippen molar-refractivity contribution in [1.82, 2.24) is 5.32 Å². The third-order valence-corrected chi connectivity index (χ3v) is 3.57. The Labute approximate surface area is 163 Å². The number of carbonyl (C=O) groups is 2. The second-order valence-electron chi connectivity index (χ2n) is 7.25. The Morgan fingerprint density at radius 2 is 1.71 bits per heavy atom. The van der Waals surface area contributed by atoms with Crippen molar-refractivity contribution in [2.24, 2.45) is 0 Å². The third-order valence-electron chi connectivity index (χ3n) is 3.57. The summed E-state index contributed by atoms with van der Waals surface area (Å²) in [5.41, 5.74) is 1.33. The molecule has 8 heteroatoms. The largest absolute Gasteiger partial charge is 0.478 e. The molecule has 1 heterocycles. The zero-order valence-electron chi connectivity index (χ0n) is 16.3. The first-order chi connectivity index (χ1) is 12.9. The quantitative estimate of drug-likeness (QED) is 0.472. The zero-order valence-corrected chi connectivity index (χ0v) is 16.3. The molecule has 8 nitrogen and oxygen atoms in total. The number of nitrogens with one attached hydrogen (secondary N) is 1. The molecule has 0 fully saturated rings. The van der Waals surface area contributed by atoms with Crippen molar-refractivity contribution in [1.29, 1.82) is 0 Å². The highest BCUT2D eigenvalue weighted by molar-refractivity contribution is 5.89. The van der Waals surface area contributed by atoms with E-state index >= 15 is 0 Å². The molecule has 154 valence electrons. The fourth-order valence-corrected chi connectivity index (χ4v) is 2.24. The second-order valence-corrected chi connectivity index (χ2v) is 7.25. The molecule has 0 aliphatic carbocycles. The van der Waals surface area contributed by atoms with Crippen LogP contribution < -0.4 is 5.32 Å². The molecule has 0 aliphatic heterocycles.